The molecule has 122 valence electrons. The normalized spacial score (nSPS) is 11.8. The lowest BCUT2D eigenvalue weighted by molar-refractivity contribution is 0.674. The fraction of sp³-hybridized carbons (Fsp3) is 0.533. The van der Waals surface area contributed by atoms with Crippen LogP contribution in [0.3, 0.4) is 0 Å². The van der Waals surface area contributed by atoms with Crippen molar-refractivity contribution in [3.63, 3.8) is 0 Å². The summed E-state index contributed by atoms with van der Waals surface area (Å²) in [5, 5.41) is 1.33. The molecular formula is C15H24Cl4N2. The van der Waals surface area contributed by atoms with Crippen LogP contribution in [-0.4, -0.2) is 18.8 Å². The zero-order valence-electron chi connectivity index (χ0n) is 12.2. The number of nitrogens with zero attached hydrogens (tertiary/aromatic N) is 1. The smallest absolute Gasteiger partial charge is 0.0453 e. The van der Waals surface area contributed by atoms with Crippen LogP contribution in [0.4, 0.5) is 0 Å². The zero-order chi connectivity index (χ0) is 14.1. The summed E-state index contributed by atoms with van der Waals surface area (Å²) in [6.45, 7) is 3.05. The van der Waals surface area contributed by atoms with E-state index in [1.165, 1.54) is 19.3 Å². The van der Waals surface area contributed by atoms with E-state index in [-0.39, 0.29) is 30.9 Å². The molecule has 0 aliphatic heterocycles. The first-order valence-electron chi connectivity index (χ1n) is 6.83. The molecule has 0 fully saturated rings. The molecule has 0 saturated carbocycles. The molecule has 1 unspecified atom stereocenters. The van der Waals surface area contributed by atoms with Gasteiger partial charge in [-0.25, -0.2) is 0 Å². The Balaban J connectivity index is 0. The van der Waals surface area contributed by atoms with Crippen molar-refractivity contribution in [3.05, 3.63) is 33.8 Å². The van der Waals surface area contributed by atoms with Crippen LogP contribution >= 0.6 is 48.0 Å². The second-order valence-corrected chi connectivity index (χ2v) is 5.50. The molecule has 0 bridgehead atoms. The van der Waals surface area contributed by atoms with Crippen LogP contribution in [0, 0.1) is 0 Å². The minimum atomic E-state index is -0.136. The quantitative estimate of drug-likeness (QED) is 0.483. The number of hydrogen-bond donors (Lipinski definition) is 1. The van der Waals surface area contributed by atoms with Gasteiger partial charge in [0.05, 0.1) is 0 Å². The van der Waals surface area contributed by atoms with E-state index in [1.54, 1.807) is 0 Å². The van der Waals surface area contributed by atoms with E-state index in [9.17, 15) is 0 Å². The molecule has 1 rings (SSSR count). The molecule has 0 saturated heterocycles. The lowest BCUT2D eigenvalue weighted by atomic mass is 10.1. The Bertz CT molecular complexity index is 390. The molecule has 21 heavy (non-hydrogen) atoms. The van der Waals surface area contributed by atoms with E-state index < -0.39 is 0 Å². The fourth-order valence-corrected chi connectivity index (χ4v) is 2.41. The van der Waals surface area contributed by atoms with Crippen LogP contribution in [0.2, 0.25) is 10.0 Å². The number of hydrogen-bond acceptors (Lipinski definition) is 2. The van der Waals surface area contributed by atoms with Crippen LogP contribution in [0.15, 0.2) is 23.2 Å². The van der Waals surface area contributed by atoms with Crippen molar-refractivity contribution < 1.29 is 0 Å². The van der Waals surface area contributed by atoms with Gasteiger partial charge < -0.3 is 5.73 Å². The largest absolute Gasteiger partial charge is 0.323 e. The first-order chi connectivity index (χ1) is 9.15. The van der Waals surface area contributed by atoms with E-state index in [0.717, 1.165) is 18.5 Å². The Morgan fingerprint density at radius 3 is 2.33 bits per heavy atom. The van der Waals surface area contributed by atoms with Crippen LogP contribution in [-0.2, 0) is 6.42 Å². The van der Waals surface area contributed by atoms with Gasteiger partial charge in [-0.3, -0.25) is 4.99 Å². The summed E-state index contributed by atoms with van der Waals surface area (Å²) in [5.41, 5.74) is 6.92. The minimum absolute atomic E-state index is 0. The third kappa shape index (κ3) is 9.59. The van der Waals surface area contributed by atoms with Gasteiger partial charge in [0, 0.05) is 28.8 Å². The van der Waals surface area contributed by atoms with Crippen molar-refractivity contribution in [2.45, 2.75) is 45.1 Å². The Morgan fingerprint density at radius 1 is 1.14 bits per heavy atom. The maximum atomic E-state index is 6.11. The summed E-state index contributed by atoms with van der Waals surface area (Å²) < 4.78 is 0. The second-order valence-electron chi connectivity index (χ2n) is 4.68. The van der Waals surface area contributed by atoms with Gasteiger partial charge in [0.1, 0.15) is 0 Å². The monoisotopic (exact) mass is 372 g/mol. The van der Waals surface area contributed by atoms with Gasteiger partial charge in [0.15, 0.2) is 0 Å². The van der Waals surface area contributed by atoms with Gasteiger partial charge >= 0.3 is 0 Å². The fourth-order valence-electron chi connectivity index (χ4n) is 1.86. The van der Waals surface area contributed by atoms with Crippen molar-refractivity contribution in [3.8, 4) is 0 Å². The Morgan fingerprint density at radius 2 is 1.76 bits per heavy atom. The molecule has 1 aromatic carbocycles. The standard InChI is InChI=1S/C15H22Cl2N2.2ClH/c1-2-3-4-5-9-19-11-12(18)10-13-14(16)7-6-8-15(13)17;;/h6-8,11-12H,2-5,9-10,18H2,1H3;2*1H. The maximum Gasteiger partial charge on any atom is 0.0453 e. The highest BCUT2D eigenvalue weighted by Crippen LogP contribution is 2.24. The van der Waals surface area contributed by atoms with E-state index in [4.69, 9.17) is 28.9 Å². The average molecular weight is 374 g/mol. The van der Waals surface area contributed by atoms with E-state index in [2.05, 4.69) is 11.9 Å². The summed E-state index contributed by atoms with van der Waals surface area (Å²) in [6.07, 6.45) is 7.32. The topological polar surface area (TPSA) is 38.4 Å². The first-order valence-corrected chi connectivity index (χ1v) is 7.59. The Hall–Kier alpha value is 0.01000. The highest BCUT2D eigenvalue weighted by molar-refractivity contribution is 6.36. The zero-order valence-corrected chi connectivity index (χ0v) is 15.4. The summed E-state index contributed by atoms with van der Waals surface area (Å²) >= 11 is 12.2. The molecule has 0 aromatic heterocycles. The predicted octanol–water partition coefficient (Wildman–Crippen LogP) is 5.36. The predicted molar refractivity (Wildman–Crippen MR) is 100 cm³/mol. The minimum Gasteiger partial charge on any atom is -0.323 e. The SMILES string of the molecule is CCCCCCN=CC(N)Cc1c(Cl)cccc1Cl.Cl.Cl. The first kappa shape index (κ1) is 23.3. The molecule has 6 heteroatoms. The van der Waals surface area contributed by atoms with Crippen LogP contribution in [0.25, 0.3) is 0 Å². The second kappa shape index (κ2) is 13.7. The van der Waals surface area contributed by atoms with Gasteiger partial charge in [-0.2, -0.15) is 0 Å². The number of nitrogens with two attached hydrogens (primary N) is 1. The summed E-state index contributed by atoms with van der Waals surface area (Å²) in [7, 11) is 0. The van der Waals surface area contributed by atoms with Crippen molar-refractivity contribution >= 4 is 54.2 Å². The molecule has 0 aliphatic rings. The van der Waals surface area contributed by atoms with Crippen LogP contribution in [0.5, 0.6) is 0 Å². The third-order valence-corrected chi connectivity index (χ3v) is 3.65. The Kier molecular flexibility index (Phi) is 15.1. The van der Waals surface area contributed by atoms with Gasteiger partial charge in [-0.05, 0) is 30.5 Å². The molecule has 1 aromatic rings. The van der Waals surface area contributed by atoms with Gasteiger partial charge in [-0.15, -0.1) is 24.8 Å². The molecule has 0 amide bonds. The van der Waals surface area contributed by atoms with Gasteiger partial charge in [-0.1, -0.05) is 55.5 Å². The number of rotatable bonds is 8. The maximum absolute atomic E-state index is 6.11. The molecule has 1 atom stereocenters. The van der Waals surface area contributed by atoms with Crippen molar-refractivity contribution in [1.29, 1.82) is 0 Å². The molecule has 0 radical (unpaired) electrons. The van der Waals surface area contributed by atoms with Crippen LogP contribution in [0.1, 0.15) is 38.2 Å². The van der Waals surface area contributed by atoms with Crippen molar-refractivity contribution in [1.82, 2.24) is 0 Å². The molecule has 0 spiro atoms. The lowest BCUT2D eigenvalue weighted by Crippen LogP contribution is -2.24. The summed E-state index contributed by atoms with van der Waals surface area (Å²) in [5.74, 6) is 0. The third-order valence-electron chi connectivity index (χ3n) is 2.94. The van der Waals surface area contributed by atoms with Crippen LogP contribution < -0.4 is 5.73 Å². The van der Waals surface area contributed by atoms with E-state index >= 15 is 0 Å². The number of halogens is 4. The van der Waals surface area contributed by atoms with Crippen molar-refractivity contribution in [2.24, 2.45) is 10.7 Å². The molecule has 0 heterocycles. The van der Waals surface area contributed by atoms with Crippen molar-refractivity contribution in [2.75, 3.05) is 6.54 Å². The highest BCUT2D eigenvalue weighted by atomic mass is 35.5. The Labute approximate surface area is 150 Å². The average Bonchev–Trinajstić information content (AvgIpc) is 2.38. The lowest BCUT2D eigenvalue weighted by Gasteiger charge is -2.09. The van der Waals surface area contributed by atoms with Gasteiger partial charge in [0.2, 0.25) is 0 Å². The highest BCUT2D eigenvalue weighted by Gasteiger charge is 2.08. The summed E-state index contributed by atoms with van der Waals surface area (Å²) in [6, 6.07) is 5.36. The van der Waals surface area contributed by atoms with E-state index in [0.29, 0.717) is 16.5 Å². The summed E-state index contributed by atoms with van der Waals surface area (Å²) in [4.78, 5) is 4.36. The van der Waals surface area contributed by atoms with Gasteiger partial charge in [0.25, 0.3) is 0 Å². The molecule has 2 N–H and O–H groups in total. The molecule has 2 nitrogen and oxygen atoms in total. The molecular weight excluding hydrogens is 350 g/mol. The number of benzene rings is 1. The van der Waals surface area contributed by atoms with E-state index in [1.807, 2.05) is 24.4 Å². The molecule has 0 aliphatic carbocycles. The number of aliphatic imine (C=N–C) groups is 1. The number of unbranched alkanes of at least 4 members (excludes halogenated alkanes) is 3.